The van der Waals surface area contributed by atoms with Crippen LogP contribution in [0.5, 0.6) is 0 Å². The number of hydrogen-bond acceptors (Lipinski definition) is 2. The Labute approximate surface area is 108 Å². The van der Waals surface area contributed by atoms with E-state index in [2.05, 4.69) is 13.8 Å². The largest absolute Gasteiger partial charge is 0.477 e. The van der Waals surface area contributed by atoms with E-state index in [4.69, 9.17) is 5.11 Å². The lowest BCUT2D eigenvalue weighted by Gasteiger charge is -2.07. The lowest BCUT2D eigenvalue weighted by Crippen LogP contribution is -2.07. The number of unbranched alkanes of at least 4 members (excludes halogenated alkanes) is 1. The van der Waals surface area contributed by atoms with Gasteiger partial charge in [-0.2, -0.15) is 0 Å². The first kappa shape index (κ1) is 14.5. The Hall–Kier alpha value is -1.58. The number of Topliss-reactive ketones (excluding diaryl/α,β-unsaturated/α-hetero) is 1. The van der Waals surface area contributed by atoms with Crippen molar-refractivity contribution in [1.82, 2.24) is 4.57 Å². The summed E-state index contributed by atoms with van der Waals surface area (Å²) in [6.07, 6.45) is 4.79. The molecule has 0 saturated heterocycles. The van der Waals surface area contributed by atoms with Crippen LogP contribution in [-0.2, 0) is 6.54 Å². The molecule has 0 aliphatic carbocycles. The average Bonchev–Trinajstić information content (AvgIpc) is 2.68. The number of nitrogens with zero attached hydrogens (tertiary/aromatic N) is 1. The summed E-state index contributed by atoms with van der Waals surface area (Å²) >= 11 is 0. The van der Waals surface area contributed by atoms with E-state index >= 15 is 0 Å². The predicted molar refractivity (Wildman–Crippen MR) is 70.1 cm³/mol. The van der Waals surface area contributed by atoms with Gasteiger partial charge < -0.3 is 9.67 Å². The van der Waals surface area contributed by atoms with Crippen LogP contribution in [0.15, 0.2) is 12.3 Å². The average molecular weight is 251 g/mol. The molecule has 0 fully saturated rings. The van der Waals surface area contributed by atoms with E-state index in [0.29, 0.717) is 18.0 Å². The lowest BCUT2D eigenvalue weighted by atomic mass is 10.1. The Morgan fingerprint density at radius 1 is 1.33 bits per heavy atom. The lowest BCUT2D eigenvalue weighted by molar-refractivity contribution is 0.0684. The van der Waals surface area contributed by atoms with E-state index < -0.39 is 5.97 Å². The molecule has 0 amide bonds. The van der Waals surface area contributed by atoms with Crippen LogP contribution in [0.3, 0.4) is 0 Å². The van der Waals surface area contributed by atoms with Crippen LogP contribution in [0, 0.1) is 5.92 Å². The summed E-state index contributed by atoms with van der Waals surface area (Å²) < 4.78 is 1.67. The van der Waals surface area contributed by atoms with Crippen molar-refractivity contribution in [3.8, 4) is 0 Å². The highest BCUT2D eigenvalue weighted by Crippen LogP contribution is 2.13. The van der Waals surface area contributed by atoms with E-state index in [9.17, 15) is 9.59 Å². The first-order valence-electron chi connectivity index (χ1n) is 6.36. The van der Waals surface area contributed by atoms with Gasteiger partial charge in [-0.15, -0.1) is 0 Å². The van der Waals surface area contributed by atoms with E-state index in [1.54, 1.807) is 10.8 Å². The number of carboxylic acids is 1. The normalized spacial score (nSPS) is 10.9. The fourth-order valence-electron chi connectivity index (χ4n) is 1.90. The molecule has 0 radical (unpaired) electrons. The van der Waals surface area contributed by atoms with Gasteiger partial charge in [-0.05, 0) is 25.3 Å². The van der Waals surface area contributed by atoms with E-state index in [1.807, 2.05) is 0 Å². The van der Waals surface area contributed by atoms with Gasteiger partial charge >= 0.3 is 5.97 Å². The summed E-state index contributed by atoms with van der Waals surface area (Å²) in [5, 5.41) is 9.07. The minimum absolute atomic E-state index is 0.0987. The van der Waals surface area contributed by atoms with Crippen molar-refractivity contribution in [3.05, 3.63) is 23.5 Å². The smallest absolute Gasteiger partial charge is 0.352 e. The van der Waals surface area contributed by atoms with E-state index in [0.717, 1.165) is 19.3 Å². The molecule has 1 rings (SSSR count). The highest BCUT2D eigenvalue weighted by Gasteiger charge is 2.14. The second-order valence-corrected chi connectivity index (χ2v) is 5.06. The summed E-state index contributed by atoms with van der Waals surface area (Å²) in [5.74, 6) is -0.411. The second kappa shape index (κ2) is 6.38. The molecule has 0 atom stereocenters. The molecule has 4 heteroatoms. The monoisotopic (exact) mass is 251 g/mol. The molecule has 0 bridgehead atoms. The number of aromatic nitrogens is 1. The van der Waals surface area contributed by atoms with Gasteiger partial charge in [0.2, 0.25) is 0 Å². The Kier molecular flexibility index (Phi) is 5.13. The van der Waals surface area contributed by atoms with Gasteiger partial charge in [-0.3, -0.25) is 4.79 Å². The molecule has 0 saturated carbocycles. The van der Waals surface area contributed by atoms with Gasteiger partial charge in [0.15, 0.2) is 5.78 Å². The second-order valence-electron chi connectivity index (χ2n) is 5.06. The van der Waals surface area contributed by atoms with Crippen molar-refractivity contribution in [2.24, 2.45) is 5.92 Å². The molecule has 0 aromatic carbocycles. The first-order valence-corrected chi connectivity index (χ1v) is 6.36. The maximum absolute atomic E-state index is 11.2. The van der Waals surface area contributed by atoms with Gasteiger partial charge in [0.25, 0.3) is 0 Å². The van der Waals surface area contributed by atoms with Crippen LogP contribution >= 0.6 is 0 Å². The number of aryl methyl sites for hydroxylation is 1. The molecule has 0 aliphatic rings. The number of carbonyl (C=O) groups excluding carboxylic acids is 1. The number of carboxylic acid groups (broad SMARTS) is 1. The molecule has 1 aromatic rings. The van der Waals surface area contributed by atoms with Crippen LogP contribution in [0.2, 0.25) is 0 Å². The topological polar surface area (TPSA) is 59.3 Å². The quantitative estimate of drug-likeness (QED) is 0.598. The Bertz CT molecular complexity index is 432. The highest BCUT2D eigenvalue weighted by atomic mass is 16.4. The predicted octanol–water partition coefficient (Wildman–Crippen LogP) is 3.22. The summed E-state index contributed by atoms with van der Waals surface area (Å²) in [5.41, 5.74) is 0.668. The standard InChI is InChI=1S/C14H21NO3/c1-10(2)6-4-5-7-15-9-12(11(3)16)8-13(15)14(17)18/h8-10H,4-7H2,1-3H3,(H,17,18). The maximum Gasteiger partial charge on any atom is 0.352 e. The van der Waals surface area contributed by atoms with Crippen molar-refractivity contribution >= 4 is 11.8 Å². The number of hydrogen-bond donors (Lipinski definition) is 1. The van der Waals surface area contributed by atoms with Gasteiger partial charge in [0.1, 0.15) is 5.69 Å². The zero-order chi connectivity index (χ0) is 13.7. The number of aromatic carboxylic acids is 1. The van der Waals surface area contributed by atoms with Crippen molar-refractivity contribution < 1.29 is 14.7 Å². The minimum Gasteiger partial charge on any atom is -0.477 e. The number of ketones is 1. The minimum atomic E-state index is -0.980. The first-order chi connectivity index (χ1) is 8.41. The van der Waals surface area contributed by atoms with Crippen LogP contribution < -0.4 is 0 Å². The Morgan fingerprint density at radius 3 is 2.50 bits per heavy atom. The number of carbonyl (C=O) groups is 2. The fraction of sp³-hybridized carbons (Fsp3) is 0.571. The number of rotatable bonds is 7. The summed E-state index contributed by atoms with van der Waals surface area (Å²) in [4.78, 5) is 22.3. The highest BCUT2D eigenvalue weighted by molar-refractivity contribution is 5.97. The maximum atomic E-state index is 11.2. The molecule has 0 aliphatic heterocycles. The van der Waals surface area contributed by atoms with Crippen molar-refractivity contribution in [3.63, 3.8) is 0 Å². The van der Waals surface area contributed by atoms with Crippen LogP contribution in [-0.4, -0.2) is 21.4 Å². The van der Waals surface area contributed by atoms with Crippen LogP contribution in [0.25, 0.3) is 0 Å². The zero-order valence-corrected chi connectivity index (χ0v) is 11.3. The van der Waals surface area contributed by atoms with Crippen LogP contribution in [0.1, 0.15) is 60.9 Å². The molecule has 4 nitrogen and oxygen atoms in total. The molecular formula is C14H21NO3. The molecule has 1 N–H and O–H groups in total. The van der Waals surface area contributed by atoms with E-state index in [1.165, 1.54) is 13.0 Å². The molecular weight excluding hydrogens is 230 g/mol. The van der Waals surface area contributed by atoms with E-state index in [-0.39, 0.29) is 11.5 Å². The van der Waals surface area contributed by atoms with Gasteiger partial charge in [-0.1, -0.05) is 26.7 Å². The molecule has 1 aromatic heterocycles. The third-order valence-electron chi connectivity index (χ3n) is 2.95. The van der Waals surface area contributed by atoms with Crippen LogP contribution in [0.4, 0.5) is 0 Å². The molecule has 100 valence electrons. The summed E-state index contributed by atoms with van der Waals surface area (Å²) in [7, 11) is 0. The molecule has 0 spiro atoms. The van der Waals surface area contributed by atoms with Crippen molar-refractivity contribution in [2.45, 2.75) is 46.6 Å². The van der Waals surface area contributed by atoms with Gasteiger partial charge in [0.05, 0.1) is 0 Å². The SMILES string of the molecule is CC(=O)c1cc(C(=O)O)n(CCCCC(C)C)c1. The third-order valence-corrected chi connectivity index (χ3v) is 2.95. The third kappa shape index (κ3) is 4.02. The molecule has 0 unspecified atom stereocenters. The van der Waals surface area contributed by atoms with Crippen molar-refractivity contribution in [2.75, 3.05) is 0 Å². The van der Waals surface area contributed by atoms with Crippen molar-refractivity contribution in [1.29, 1.82) is 0 Å². The molecule has 18 heavy (non-hydrogen) atoms. The zero-order valence-electron chi connectivity index (χ0n) is 11.3. The van der Waals surface area contributed by atoms with Gasteiger partial charge in [-0.25, -0.2) is 4.79 Å². The summed E-state index contributed by atoms with van der Waals surface area (Å²) in [6.45, 7) is 6.45. The summed E-state index contributed by atoms with van der Waals surface area (Å²) in [6, 6.07) is 1.45. The van der Waals surface area contributed by atoms with Gasteiger partial charge in [0, 0.05) is 18.3 Å². The Morgan fingerprint density at radius 2 is 2.00 bits per heavy atom. The Balaban J connectivity index is 2.68. The fourth-order valence-corrected chi connectivity index (χ4v) is 1.90. The molecule has 1 heterocycles.